The van der Waals surface area contributed by atoms with Crippen molar-refractivity contribution >= 4 is 44.8 Å². The number of rotatable bonds is 3. The van der Waals surface area contributed by atoms with E-state index in [0.29, 0.717) is 10.6 Å². The maximum atomic E-state index is 12.5. The summed E-state index contributed by atoms with van der Waals surface area (Å²) in [5, 5.41) is 3.66. The van der Waals surface area contributed by atoms with E-state index in [9.17, 15) is 4.79 Å². The molecule has 4 nitrogen and oxygen atoms in total. The Morgan fingerprint density at radius 2 is 1.75 bits per heavy atom. The Kier molecular flexibility index (Phi) is 5.43. The number of likely N-dealkylation sites (N-methyl/N-ethyl adjacent to an activating group) is 1. The number of amides is 1. The fourth-order valence-corrected chi connectivity index (χ4v) is 3.32. The monoisotopic (exact) mass is 407 g/mol. The highest BCUT2D eigenvalue weighted by Gasteiger charge is 2.20. The van der Waals surface area contributed by atoms with Crippen LogP contribution in [-0.4, -0.2) is 44.0 Å². The van der Waals surface area contributed by atoms with Gasteiger partial charge in [-0.15, -0.1) is 0 Å². The van der Waals surface area contributed by atoms with Crippen LogP contribution < -0.4 is 10.2 Å². The van der Waals surface area contributed by atoms with Crippen LogP contribution in [0.25, 0.3) is 0 Å². The van der Waals surface area contributed by atoms with Crippen LogP contribution in [0, 0.1) is 0 Å². The zero-order valence-corrected chi connectivity index (χ0v) is 15.8. The Balaban J connectivity index is 1.84. The SMILES string of the molecule is CN1CCN(c2c(Cl)cccc2NC(=O)c2ccc(Br)cc2)CC1. The van der Waals surface area contributed by atoms with E-state index in [0.717, 1.165) is 42.0 Å². The average Bonchev–Trinajstić information content (AvgIpc) is 2.57. The van der Waals surface area contributed by atoms with E-state index in [1.54, 1.807) is 12.1 Å². The average molecular weight is 409 g/mol. The fourth-order valence-electron chi connectivity index (χ4n) is 2.76. The van der Waals surface area contributed by atoms with Gasteiger partial charge in [0.2, 0.25) is 0 Å². The molecule has 2 aromatic rings. The maximum absolute atomic E-state index is 12.5. The molecule has 126 valence electrons. The van der Waals surface area contributed by atoms with Crippen LogP contribution in [-0.2, 0) is 0 Å². The third-order valence-electron chi connectivity index (χ3n) is 4.16. The predicted octanol–water partition coefficient (Wildman–Crippen LogP) is 4.11. The summed E-state index contributed by atoms with van der Waals surface area (Å²) in [4.78, 5) is 17.0. The summed E-state index contributed by atoms with van der Waals surface area (Å²) in [6.45, 7) is 3.74. The molecule has 0 radical (unpaired) electrons. The molecule has 0 spiro atoms. The van der Waals surface area contributed by atoms with Crippen LogP contribution in [0.15, 0.2) is 46.9 Å². The van der Waals surface area contributed by atoms with E-state index >= 15 is 0 Å². The van der Waals surface area contributed by atoms with Crippen LogP contribution in [0.5, 0.6) is 0 Å². The van der Waals surface area contributed by atoms with Crippen molar-refractivity contribution in [1.29, 1.82) is 0 Å². The molecule has 6 heteroatoms. The molecule has 1 aliphatic heterocycles. The van der Waals surface area contributed by atoms with Gasteiger partial charge in [-0.2, -0.15) is 0 Å². The minimum Gasteiger partial charge on any atom is -0.366 e. The lowest BCUT2D eigenvalue weighted by atomic mass is 10.1. The highest BCUT2D eigenvalue weighted by Crippen LogP contribution is 2.34. The van der Waals surface area contributed by atoms with E-state index in [1.165, 1.54) is 0 Å². The molecule has 1 saturated heterocycles. The molecule has 0 aliphatic carbocycles. The number of piperazine rings is 1. The largest absolute Gasteiger partial charge is 0.366 e. The number of para-hydroxylation sites is 1. The van der Waals surface area contributed by atoms with E-state index in [4.69, 9.17) is 11.6 Å². The van der Waals surface area contributed by atoms with Crippen molar-refractivity contribution in [3.63, 3.8) is 0 Å². The molecule has 1 heterocycles. The van der Waals surface area contributed by atoms with Gasteiger partial charge in [0.25, 0.3) is 5.91 Å². The zero-order chi connectivity index (χ0) is 17.1. The van der Waals surface area contributed by atoms with Gasteiger partial charge in [0.1, 0.15) is 0 Å². The molecule has 3 rings (SSSR count). The summed E-state index contributed by atoms with van der Waals surface area (Å²) in [5.41, 5.74) is 2.26. The molecule has 1 N–H and O–H groups in total. The fraction of sp³-hybridized carbons (Fsp3) is 0.278. The summed E-state index contributed by atoms with van der Waals surface area (Å²) >= 11 is 9.82. The Hall–Kier alpha value is -1.56. The molecule has 0 saturated carbocycles. The smallest absolute Gasteiger partial charge is 0.255 e. The lowest BCUT2D eigenvalue weighted by Gasteiger charge is -2.35. The molecule has 0 bridgehead atoms. The van der Waals surface area contributed by atoms with Crippen molar-refractivity contribution in [2.75, 3.05) is 43.4 Å². The normalized spacial score (nSPS) is 15.4. The highest BCUT2D eigenvalue weighted by atomic mass is 79.9. The number of anilines is 2. The Labute approximate surface area is 155 Å². The van der Waals surface area contributed by atoms with Crippen LogP contribution in [0.3, 0.4) is 0 Å². The lowest BCUT2D eigenvalue weighted by Crippen LogP contribution is -2.44. The zero-order valence-electron chi connectivity index (χ0n) is 13.4. The van der Waals surface area contributed by atoms with Crippen molar-refractivity contribution < 1.29 is 4.79 Å². The van der Waals surface area contributed by atoms with Crippen molar-refractivity contribution in [2.45, 2.75) is 0 Å². The van der Waals surface area contributed by atoms with Gasteiger partial charge in [-0.25, -0.2) is 0 Å². The molecular weight excluding hydrogens is 390 g/mol. The Morgan fingerprint density at radius 3 is 2.42 bits per heavy atom. The predicted molar refractivity (Wildman–Crippen MR) is 103 cm³/mol. The molecule has 2 aromatic carbocycles. The van der Waals surface area contributed by atoms with Gasteiger partial charge < -0.3 is 15.1 Å². The standard InChI is InChI=1S/C18H19BrClN3O/c1-22-9-11-23(12-10-22)17-15(20)3-2-4-16(17)21-18(24)13-5-7-14(19)8-6-13/h2-8H,9-12H2,1H3,(H,21,24). The number of halogens is 2. The lowest BCUT2D eigenvalue weighted by molar-refractivity contribution is 0.102. The highest BCUT2D eigenvalue weighted by molar-refractivity contribution is 9.10. The van der Waals surface area contributed by atoms with E-state index in [2.05, 4.69) is 38.1 Å². The van der Waals surface area contributed by atoms with Crippen molar-refractivity contribution in [1.82, 2.24) is 4.90 Å². The van der Waals surface area contributed by atoms with Gasteiger partial charge >= 0.3 is 0 Å². The molecule has 0 unspecified atom stereocenters. The van der Waals surface area contributed by atoms with Crippen LogP contribution in [0.2, 0.25) is 5.02 Å². The minimum atomic E-state index is -0.139. The van der Waals surface area contributed by atoms with E-state index < -0.39 is 0 Å². The topological polar surface area (TPSA) is 35.6 Å². The number of carbonyl (C=O) groups is 1. The minimum absolute atomic E-state index is 0.139. The third kappa shape index (κ3) is 3.91. The van der Waals surface area contributed by atoms with Gasteiger partial charge in [-0.3, -0.25) is 4.79 Å². The van der Waals surface area contributed by atoms with E-state index in [-0.39, 0.29) is 5.91 Å². The summed E-state index contributed by atoms with van der Waals surface area (Å²) in [5.74, 6) is -0.139. The van der Waals surface area contributed by atoms with Crippen LogP contribution in [0.1, 0.15) is 10.4 Å². The number of nitrogens with one attached hydrogen (secondary N) is 1. The molecular formula is C18H19BrClN3O. The molecule has 1 fully saturated rings. The van der Waals surface area contributed by atoms with Crippen LogP contribution >= 0.6 is 27.5 Å². The second kappa shape index (κ2) is 7.55. The molecule has 0 atom stereocenters. The molecule has 0 aromatic heterocycles. The van der Waals surface area contributed by atoms with Gasteiger partial charge in [0, 0.05) is 36.2 Å². The first-order valence-electron chi connectivity index (χ1n) is 7.83. The number of nitrogens with zero attached hydrogens (tertiary/aromatic N) is 2. The van der Waals surface area contributed by atoms with Crippen LogP contribution in [0.4, 0.5) is 11.4 Å². The summed E-state index contributed by atoms with van der Waals surface area (Å²) in [7, 11) is 2.11. The van der Waals surface area contributed by atoms with Crippen molar-refractivity contribution in [2.24, 2.45) is 0 Å². The van der Waals surface area contributed by atoms with Gasteiger partial charge in [0.15, 0.2) is 0 Å². The molecule has 24 heavy (non-hydrogen) atoms. The quantitative estimate of drug-likeness (QED) is 0.830. The second-order valence-corrected chi connectivity index (χ2v) is 7.21. The first kappa shape index (κ1) is 17.3. The number of hydrogen-bond donors (Lipinski definition) is 1. The molecule has 1 amide bonds. The van der Waals surface area contributed by atoms with Crippen molar-refractivity contribution in [3.8, 4) is 0 Å². The first-order chi connectivity index (χ1) is 11.5. The second-order valence-electron chi connectivity index (χ2n) is 5.89. The van der Waals surface area contributed by atoms with Crippen molar-refractivity contribution in [3.05, 3.63) is 57.5 Å². The Morgan fingerprint density at radius 1 is 1.08 bits per heavy atom. The summed E-state index contributed by atoms with van der Waals surface area (Å²) in [6.07, 6.45) is 0. The number of hydrogen-bond acceptors (Lipinski definition) is 3. The summed E-state index contributed by atoms with van der Waals surface area (Å²) in [6, 6.07) is 12.9. The van der Waals surface area contributed by atoms with Gasteiger partial charge in [0.05, 0.1) is 16.4 Å². The Bertz CT molecular complexity index is 728. The first-order valence-corrected chi connectivity index (χ1v) is 9.00. The molecule has 1 aliphatic rings. The van der Waals surface area contributed by atoms with Gasteiger partial charge in [-0.05, 0) is 43.4 Å². The number of benzene rings is 2. The van der Waals surface area contributed by atoms with Gasteiger partial charge in [-0.1, -0.05) is 33.6 Å². The maximum Gasteiger partial charge on any atom is 0.255 e. The third-order valence-corrected chi connectivity index (χ3v) is 4.99. The number of carbonyl (C=O) groups excluding carboxylic acids is 1. The van der Waals surface area contributed by atoms with E-state index in [1.807, 2.05) is 30.3 Å². The summed E-state index contributed by atoms with van der Waals surface area (Å²) < 4.78 is 0.944.